The first kappa shape index (κ1) is 19.4. The van der Waals surface area contributed by atoms with Crippen LogP contribution in [0.25, 0.3) is 6.08 Å². The zero-order chi connectivity index (χ0) is 20.1. The minimum Gasteiger partial charge on any atom is -0.427 e. The standard InChI is InChI=1S/C20H16N2O5S/c1-13(23)27-16-9-7-14(8-10-16)11-17-19(25)22(20(26)28-17)12-18(24)21-15-5-3-2-4-6-15/h2-11H,12H2,1H3,(H,21,24)/b17-11+. The SMILES string of the molecule is CC(=O)Oc1ccc(/C=C2/SC(=O)N(CC(=O)Nc3ccccc3)C2=O)cc1. The number of anilines is 1. The van der Waals surface area contributed by atoms with Crippen molar-refractivity contribution in [2.45, 2.75) is 6.92 Å². The number of nitrogens with one attached hydrogen (secondary N) is 1. The van der Waals surface area contributed by atoms with Crippen molar-refractivity contribution in [1.29, 1.82) is 0 Å². The third kappa shape index (κ3) is 4.86. The van der Waals surface area contributed by atoms with E-state index in [2.05, 4.69) is 5.32 Å². The molecule has 8 heteroatoms. The molecular formula is C20H16N2O5S. The van der Waals surface area contributed by atoms with Crippen molar-refractivity contribution in [2.24, 2.45) is 0 Å². The number of thioether (sulfide) groups is 1. The van der Waals surface area contributed by atoms with Crippen LogP contribution in [-0.4, -0.2) is 34.5 Å². The van der Waals surface area contributed by atoms with Gasteiger partial charge in [0.1, 0.15) is 12.3 Å². The molecule has 1 fully saturated rings. The van der Waals surface area contributed by atoms with Gasteiger partial charge in [0, 0.05) is 12.6 Å². The van der Waals surface area contributed by atoms with E-state index in [9.17, 15) is 19.2 Å². The highest BCUT2D eigenvalue weighted by atomic mass is 32.2. The third-order valence-electron chi connectivity index (χ3n) is 3.67. The summed E-state index contributed by atoms with van der Waals surface area (Å²) in [7, 11) is 0. The van der Waals surface area contributed by atoms with Crippen molar-refractivity contribution in [3.8, 4) is 5.75 Å². The number of carbonyl (C=O) groups is 4. The van der Waals surface area contributed by atoms with Crippen molar-refractivity contribution >= 4 is 46.5 Å². The molecule has 0 saturated carbocycles. The molecule has 0 bridgehead atoms. The molecule has 1 N–H and O–H groups in total. The van der Waals surface area contributed by atoms with Crippen LogP contribution in [0.4, 0.5) is 10.5 Å². The van der Waals surface area contributed by atoms with Crippen LogP contribution in [0.15, 0.2) is 59.5 Å². The van der Waals surface area contributed by atoms with Gasteiger partial charge in [0.15, 0.2) is 0 Å². The zero-order valence-electron chi connectivity index (χ0n) is 14.9. The summed E-state index contributed by atoms with van der Waals surface area (Å²) >= 11 is 0.773. The van der Waals surface area contributed by atoms with Crippen LogP contribution >= 0.6 is 11.8 Å². The van der Waals surface area contributed by atoms with Gasteiger partial charge in [0.25, 0.3) is 11.1 Å². The zero-order valence-corrected chi connectivity index (χ0v) is 15.7. The maximum Gasteiger partial charge on any atom is 0.308 e. The smallest absolute Gasteiger partial charge is 0.308 e. The van der Waals surface area contributed by atoms with E-state index in [0.717, 1.165) is 16.7 Å². The summed E-state index contributed by atoms with van der Waals surface area (Å²) in [6, 6.07) is 15.3. The van der Waals surface area contributed by atoms with Crippen molar-refractivity contribution < 1.29 is 23.9 Å². The maximum atomic E-state index is 12.5. The predicted molar refractivity (Wildman–Crippen MR) is 105 cm³/mol. The first-order valence-corrected chi connectivity index (χ1v) is 9.13. The summed E-state index contributed by atoms with van der Waals surface area (Å²) < 4.78 is 4.95. The van der Waals surface area contributed by atoms with E-state index in [1.165, 1.54) is 6.92 Å². The van der Waals surface area contributed by atoms with Gasteiger partial charge in [-0.3, -0.25) is 24.1 Å². The van der Waals surface area contributed by atoms with E-state index >= 15 is 0 Å². The second kappa shape index (κ2) is 8.53. The molecule has 2 aromatic rings. The Kier molecular flexibility index (Phi) is 5.90. The molecule has 3 amide bonds. The summed E-state index contributed by atoms with van der Waals surface area (Å²) in [6.07, 6.45) is 1.55. The molecule has 0 aromatic heterocycles. The Balaban J connectivity index is 1.66. The highest BCUT2D eigenvalue weighted by Gasteiger charge is 2.36. The number of rotatable bonds is 5. The van der Waals surface area contributed by atoms with E-state index in [4.69, 9.17) is 4.74 Å². The van der Waals surface area contributed by atoms with Crippen LogP contribution in [0.5, 0.6) is 5.75 Å². The predicted octanol–water partition coefficient (Wildman–Crippen LogP) is 3.29. The number of benzene rings is 2. The fourth-order valence-corrected chi connectivity index (χ4v) is 3.29. The lowest BCUT2D eigenvalue weighted by molar-refractivity contribution is -0.131. The summed E-state index contributed by atoms with van der Waals surface area (Å²) in [4.78, 5) is 48.8. The second-order valence-electron chi connectivity index (χ2n) is 5.84. The fraction of sp³-hybridized carbons (Fsp3) is 0.100. The van der Waals surface area contributed by atoms with Crippen molar-refractivity contribution in [2.75, 3.05) is 11.9 Å². The number of hydrogen-bond donors (Lipinski definition) is 1. The van der Waals surface area contributed by atoms with Gasteiger partial charge in [-0.1, -0.05) is 30.3 Å². The van der Waals surface area contributed by atoms with E-state index < -0.39 is 23.0 Å². The lowest BCUT2D eigenvalue weighted by Crippen LogP contribution is -2.36. The molecule has 3 rings (SSSR count). The van der Waals surface area contributed by atoms with Crippen molar-refractivity contribution in [1.82, 2.24) is 4.90 Å². The number of amides is 3. The molecule has 28 heavy (non-hydrogen) atoms. The molecule has 7 nitrogen and oxygen atoms in total. The molecule has 2 aromatic carbocycles. The Morgan fingerprint density at radius 2 is 1.75 bits per heavy atom. The highest BCUT2D eigenvalue weighted by molar-refractivity contribution is 8.18. The normalized spacial score (nSPS) is 15.0. The Labute approximate surface area is 165 Å². The average Bonchev–Trinajstić information content (AvgIpc) is 2.91. The largest absolute Gasteiger partial charge is 0.427 e. The topological polar surface area (TPSA) is 92.8 Å². The summed E-state index contributed by atoms with van der Waals surface area (Å²) in [5.41, 5.74) is 1.25. The Bertz CT molecular complexity index is 954. The molecular weight excluding hydrogens is 380 g/mol. The molecule has 0 unspecified atom stereocenters. The van der Waals surface area contributed by atoms with Crippen molar-refractivity contribution in [3.05, 3.63) is 65.1 Å². The third-order valence-corrected chi connectivity index (χ3v) is 4.58. The monoisotopic (exact) mass is 396 g/mol. The lowest BCUT2D eigenvalue weighted by Gasteiger charge is -2.12. The van der Waals surface area contributed by atoms with E-state index in [-0.39, 0.29) is 11.4 Å². The average molecular weight is 396 g/mol. The number of ether oxygens (including phenoxy) is 1. The van der Waals surface area contributed by atoms with E-state index in [0.29, 0.717) is 17.0 Å². The fourth-order valence-electron chi connectivity index (χ4n) is 2.45. The van der Waals surface area contributed by atoms with Gasteiger partial charge in [0.05, 0.1) is 4.91 Å². The highest BCUT2D eigenvalue weighted by Crippen LogP contribution is 2.32. The first-order chi connectivity index (χ1) is 13.4. The number of carbonyl (C=O) groups excluding carboxylic acids is 4. The molecule has 0 atom stereocenters. The number of nitrogens with zero attached hydrogens (tertiary/aromatic N) is 1. The van der Waals surface area contributed by atoms with Crippen LogP contribution in [-0.2, 0) is 14.4 Å². The number of esters is 1. The van der Waals surface area contributed by atoms with Gasteiger partial charge in [-0.25, -0.2) is 0 Å². The van der Waals surface area contributed by atoms with Gasteiger partial charge in [-0.05, 0) is 47.7 Å². The van der Waals surface area contributed by atoms with Crippen LogP contribution < -0.4 is 10.1 Å². The number of hydrogen-bond acceptors (Lipinski definition) is 6. The maximum absolute atomic E-state index is 12.5. The number of para-hydroxylation sites is 1. The minimum atomic E-state index is -0.526. The minimum absolute atomic E-state index is 0.220. The molecule has 0 radical (unpaired) electrons. The first-order valence-electron chi connectivity index (χ1n) is 8.31. The van der Waals surface area contributed by atoms with Gasteiger partial charge < -0.3 is 10.1 Å². The summed E-state index contributed by atoms with van der Waals surface area (Å²) in [5.74, 6) is -1.03. The van der Waals surface area contributed by atoms with Gasteiger partial charge in [-0.2, -0.15) is 0 Å². The van der Waals surface area contributed by atoms with Crippen molar-refractivity contribution in [3.63, 3.8) is 0 Å². The molecule has 1 heterocycles. The quantitative estimate of drug-likeness (QED) is 0.474. The Morgan fingerprint density at radius 1 is 1.07 bits per heavy atom. The van der Waals surface area contributed by atoms with Gasteiger partial charge >= 0.3 is 5.97 Å². The lowest BCUT2D eigenvalue weighted by atomic mass is 10.2. The molecule has 142 valence electrons. The van der Waals surface area contributed by atoms with Gasteiger partial charge in [0.2, 0.25) is 5.91 Å². The summed E-state index contributed by atoms with van der Waals surface area (Å²) in [6.45, 7) is 0.945. The molecule has 1 aliphatic heterocycles. The molecule has 0 spiro atoms. The van der Waals surface area contributed by atoms with Crippen LogP contribution in [0, 0.1) is 0 Å². The van der Waals surface area contributed by atoms with Crippen LogP contribution in [0.2, 0.25) is 0 Å². The second-order valence-corrected chi connectivity index (χ2v) is 6.84. The number of imide groups is 1. The van der Waals surface area contributed by atoms with E-state index in [1.54, 1.807) is 54.6 Å². The molecule has 0 aliphatic carbocycles. The molecule has 1 aliphatic rings. The van der Waals surface area contributed by atoms with Crippen LogP contribution in [0.1, 0.15) is 12.5 Å². The Morgan fingerprint density at radius 3 is 2.39 bits per heavy atom. The molecule has 1 saturated heterocycles. The van der Waals surface area contributed by atoms with E-state index in [1.807, 2.05) is 6.07 Å². The van der Waals surface area contributed by atoms with Gasteiger partial charge in [-0.15, -0.1) is 0 Å². The summed E-state index contributed by atoms with van der Waals surface area (Å²) in [5, 5.41) is 2.14. The van der Waals surface area contributed by atoms with Crippen LogP contribution in [0.3, 0.4) is 0 Å². The Hall–Kier alpha value is -3.39.